The van der Waals surface area contributed by atoms with E-state index in [2.05, 4.69) is 0 Å². The van der Waals surface area contributed by atoms with Crippen molar-refractivity contribution < 1.29 is 26.7 Å². The lowest BCUT2D eigenvalue weighted by atomic mass is 9.93. The van der Waals surface area contributed by atoms with Crippen LogP contribution in [-0.4, -0.2) is 41.9 Å². The number of likely N-dealkylation sites (N-methyl/N-ethyl adjacent to an activating group) is 1. The molecule has 0 radical (unpaired) electrons. The van der Waals surface area contributed by atoms with E-state index in [1.54, 1.807) is 30.1 Å². The Morgan fingerprint density at radius 3 is 2.37 bits per heavy atom. The predicted octanol–water partition coefficient (Wildman–Crippen LogP) is 6.90. The fraction of sp³-hybridized carbons (Fsp3) is 0.259. The smallest absolute Gasteiger partial charge is 0.336 e. The maximum absolute atomic E-state index is 14.6. The Labute approximate surface area is 225 Å². The van der Waals surface area contributed by atoms with Crippen LogP contribution in [0.2, 0.25) is 10.0 Å². The molecule has 0 aromatic heterocycles. The molecule has 0 spiro atoms. The number of hydrogen-bond donors (Lipinski definition) is 0. The number of likely N-dealkylation sites (tertiary alicyclic amines) is 1. The zero-order valence-corrected chi connectivity index (χ0v) is 21.4. The first-order chi connectivity index (χ1) is 17.9. The van der Waals surface area contributed by atoms with Crippen molar-refractivity contribution in [2.24, 2.45) is 0 Å². The van der Waals surface area contributed by atoms with Crippen LogP contribution in [0.5, 0.6) is 0 Å². The van der Waals surface area contributed by atoms with Crippen LogP contribution < -0.4 is 0 Å². The lowest BCUT2D eigenvalue weighted by Crippen LogP contribution is -2.38. The van der Waals surface area contributed by atoms with Crippen LogP contribution >= 0.6 is 23.2 Å². The highest BCUT2D eigenvalue weighted by atomic mass is 35.5. The number of nitrogens with zero attached hydrogens (tertiary/aromatic N) is 3. The van der Waals surface area contributed by atoms with Crippen molar-refractivity contribution in [3.8, 4) is 6.07 Å². The van der Waals surface area contributed by atoms with Gasteiger partial charge in [-0.2, -0.15) is 18.4 Å². The Hall–Kier alpha value is -3.19. The third-order valence-corrected chi connectivity index (χ3v) is 7.35. The average molecular weight is 568 g/mol. The van der Waals surface area contributed by atoms with Gasteiger partial charge in [-0.15, -0.1) is 0 Å². The molecule has 0 bridgehead atoms. The zero-order chi connectivity index (χ0) is 27.8. The number of carbonyl (C=O) groups excluding carboxylic acids is 1. The van der Waals surface area contributed by atoms with Crippen molar-refractivity contribution in [1.29, 1.82) is 5.26 Å². The largest absolute Gasteiger partial charge is 0.419 e. The quantitative estimate of drug-likeness (QED) is 0.315. The average Bonchev–Trinajstić information content (AvgIpc) is 3.30. The molecule has 1 aliphatic heterocycles. The van der Waals surface area contributed by atoms with Gasteiger partial charge in [0.2, 0.25) is 0 Å². The van der Waals surface area contributed by atoms with Gasteiger partial charge in [-0.3, -0.25) is 9.69 Å². The van der Waals surface area contributed by atoms with Gasteiger partial charge in [0.25, 0.3) is 5.91 Å². The summed E-state index contributed by atoms with van der Waals surface area (Å²) in [6, 6.07) is 12.8. The minimum Gasteiger partial charge on any atom is -0.336 e. The number of hydrogen-bond acceptors (Lipinski definition) is 3. The van der Waals surface area contributed by atoms with Gasteiger partial charge in [0.1, 0.15) is 11.6 Å². The molecule has 3 aromatic carbocycles. The van der Waals surface area contributed by atoms with Gasteiger partial charge in [0.15, 0.2) is 0 Å². The lowest BCUT2D eigenvalue weighted by molar-refractivity contribution is -0.140. The number of alkyl halides is 3. The molecule has 2 atom stereocenters. The monoisotopic (exact) mass is 567 g/mol. The van der Waals surface area contributed by atoms with E-state index in [1.807, 2.05) is 6.07 Å². The summed E-state index contributed by atoms with van der Waals surface area (Å²) >= 11 is 12.3. The molecule has 0 aliphatic carbocycles. The molecule has 4 nitrogen and oxygen atoms in total. The molecule has 4 rings (SSSR count). The molecule has 1 aliphatic rings. The Morgan fingerprint density at radius 2 is 1.76 bits per heavy atom. The topological polar surface area (TPSA) is 47.3 Å². The molecule has 11 heteroatoms. The highest BCUT2D eigenvalue weighted by molar-refractivity contribution is 6.42. The second kappa shape index (κ2) is 10.9. The van der Waals surface area contributed by atoms with Gasteiger partial charge in [0.05, 0.1) is 32.8 Å². The van der Waals surface area contributed by atoms with Crippen LogP contribution in [0, 0.1) is 23.0 Å². The Bertz CT molecular complexity index is 1420. The van der Waals surface area contributed by atoms with Crippen LogP contribution in [0.1, 0.15) is 38.5 Å². The molecule has 0 unspecified atom stereocenters. The number of amides is 1. The third-order valence-electron chi connectivity index (χ3n) is 6.61. The van der Waals surface area contributed by atoms with Crippen molar-refractivity contribution >= 4 is 29.1 Å². The van der Waals surface area contributed by atoms with Gasteiger partial charge in [0, 0.05) is 31.6 Å². The van der Waals surface area contributed by atoms with Crippen molar-refractivity contribution in [3.63, 3.8) is 0 Å². The molecule has 1 amide bonds. The molecular weight excluding hydrogens is 548 g/mol. The summed E-state index contributed by atoms with van der Waals surface area (Å²) in [6.45, 7) is 0.431. The summed E-state index contributed by atoms with van der Waals surface area (Å²) in [6.07, 6.45) is -4.81. The minimum atomic E-state index is -4.81. The maximum atomic E-state index is 14.6. The van der Waals surface area contributed by atoms with E-state index in [4.69, 9.17) is 28.5 Å². The summed E-state index contributed by atoms with van der Waals surface area (Å²) in [5.41, 5.74) is -0.389. The number of benzene rings is 3. The number of halogens is 7. The second-order valence-electron chi connectivity index (χ2n) is 9.09. The summed E-state index contributed by atoms with van der Waals surface area (Å²) in [4.78, 5) is 16.5. The Balaban J connectivity index is 1.63. The van der Waals surface area contributed by atoms with Gasteiger partial charge >= 0.3 is 6.18 Å². The molecule has 198 valence electrons. The number of rotatable bonds is 5. The van der Waals surface area contributed by atoms with Crippen LogP contribution in [0.3, 0.4) is 0 Å². The zero-order valence-electron chi connectivity index (χ0n) is 19.9. The van der Waals surface area contributed by atoms with Crippen LogP contribution in [0.25, 0.3) is 0 Å². The van der Waals surface area contributed by atoms with Gasteiger partial charge < -0.3 is 4.90 Å². The van der Waals surface area contributed by atoms with Crippen molar-refractivity contribution in [1.82, 2.24) is 9.80 Å². The van der Waals surface area contributed by atoms with E-state index < -0.39 is 29.3 Å². The number of carbonyl (C=O) groups is 1. The standard InChI is InChI=1S/C27H20Cl2F5N3O/c1-36(12-16-3-6-20(24(31)9-16)27(32,33)34)25-14-37(13-19(25)17-4-7-21(28)22(29)10-17)26(38)18-5-2-15(11-35)8-23(18)30/h2-10,19,25H,12-14H2,1H3/t19-,25-/m1/s1. The first kappa shape index (κ1) is 27.8. The highest BCUT2D eigenvalue weighted by Gasteiger charge is 2.40. The van der Waals surface area contributed by atoms with Crippen LogP contribution in [-0.2, 0) is 12.7 Å². The van der Waals surface area contributed by atoms with E-state index >= 15 is 0 Å². The molecule has 0 saturated carbocycles. The van der Waals surface area contributed by atoms with Crippen LogP contribution in [0.15, 0.2) is 54.6 Å². The van der Waals surface area contributed by atoms with E-state index in [0.717, 1.165) is 17.7 Å². The van der Waals surface area contributed by atoms with E-state index in [-0.39, 0.29) is 42.7 Å². The van der Waals surface area contributed by atoms with Crippen molar-refractivity contribution in [3.05, 3.63) is 104 Å². The first-order valence-corrected chi connectivity index (χ1v) is 12.1. The summed E-state index contributed by atoms with van der Waals surface area (Å²) in [7, 11) is 1.71. The van der Waals surface area contributed by atoms with Gasteiger partial charge in [-0.25, -0.2) is 8.78 Å². The minimum absolute atomic E-state index is 0.0792. The SMILES string of the molecule is CN(Cc1ccc(C(F)(F)F)c(F)c1)[C@@H]1CN(C(=O)c2ccc(C#N)cc2F)C[C@@H]1c1ccc(Cl)c(Cl)c1. The van der Waals surface area contributed by atoms with E-state index in [0.29, 0.717) is 21.7 Å². The molecule has 1 fully saturated rings. The Kier molecular flexibility index (Phi) is 7.98. The van der Waals surface area contributed by atoms with E-state index in [1.165, 1.54) is 23.1 Å². The highest BCUT2D eigenvalue weighted by Crippen LogP contribution is 2.36. The fourth-order valence-corrected chi connectivity index (χ4v) is 5.00. The maximum Gasteiger partial charge on any atom is 0.419 e. The van der Waals surface area contributed by atoms with E-state index in [9.17, 15) is 26.7 Å². The van der Waals surface area contributed by atoms with Crippen molar-refractivity contribution in [2.75, 3.05) is 20.1 Å². The third kappa shape index (κ3) is 5.78. The lowest BCUT2D eigenvalue weighted by Gasteiger charge is -2.29. The number of nitriles is 1. The fourth-order valence-electron chi connectivity index (χ4n) is 4.69. The van der Waals surface area contributed by atoms with Crippen molar-refractivity contribution in [2.45, 2.75) is 24.7 Å². The summed E-state index contributed by atoms with van der Waals surface area (Å²) < 4.78 is 67.7. The molecule has 0 N–H and O–H groups in total. The summed E-state index contributed by atoms with van der Waals surface area (Å²) in [5, 5.41) is 9.62. The molecule has 3 aromatic rings. The molecule has 38 heavy (non-hydrogen) atoms. The second-order valence-corrected chi connectivity index (χ2v) is 9.91. The van der Waals surface area contributed by atoms with Gasteiger partial charge in [-0.1, -0.05) is 35.3 Å². The summed E-state index contributed by atoms with van der Waals surface area (Å²) in [5.74, 6) is -3.09. The predicted molar refractivity (Wildman–Crippen MR) is 133 cm³/mol. The molecular formula is C27H20Cl2F5N3O. The van der Waals surface area contributed by atoms with Crippen LogP contribution in [0.4, 0.5) is 22.0 Å². The normalized spacial score (nSPS) is 17.6. The first-order valence-electron chi connectivity index (χ1n) is 11.4. The van der Waals surface area contributed by atoms with Gasteiger partial charge in [-0.05, 0) is 60.6 Å². The molecule has 1 heterocycles. The Morgan fingerprint density at radius 1 is 1.03 bits per heavy atom. The molecule has 1 saturated heterocycles.